The summed E-state index contributed by atoms with van der Waals surface area (Å²) in [6, 6.07) is 6.71. The number of nitrogen functional groups attached to an aromatic ring is 1. The number of nitrogens with one attached hydrogen (secondary N) is 1. The Hall–Kier alpha value is -2.64. The Kier molecular flexibility index (Phi) is 4.43. The molecule has 17 heavy (non-hydrogen) atoms. The Morgan fingerprint density at radius 1 is 1.41 bits per heavy atom. The lowest BCUT2D eigenvalue weighted by molar-refractivity contribution is 0.0794. The van der Waals surface area contributed by atoms with E-state index in [1.54, 1.807) is 0 Å². The van der Waals surface area contributed by atoms with Crippen molar-refractivity contribution in [1.29, 1.82) is 10.5 Å². The smallest absolute Gasteiger partial charge is 0.257 e. The van der Waals surface area contributed by atoms with E-state index in [1.165, 1.54) is 18.3 Å². The molecule has 1 amide bonds. The minimum absolute atomic E-state index is 0.136. The molecule has 0 aromatic carbocycles. The number of aromatic nitrogens is 1. The summed E-state index contributed by atoms with van der Waals surface area (Å²) in [6.45, 7) is -0.271. The third-order valence-electron chi connectivity index (χ3n) is 1.97. The average molecular weight is 230 g/mol. The van der Waals surface area contributed by atoms with Crippen molar-refractivity contribution in [2.24, 2.45) is 5.84 Å². The van der Waals surface area contributed by atoms with Gasteiger partial charge in [-0.05, 0) is 12.1 Å². The van der Waals surface area contributed by atoms with Crippen LogP contribution in [0.5, 0.6) is 0 Å². The van der Waals surface area contributed by atoms with Crippen molar-refractivity contribution < 1.29 is 4.79 Å². The maximum atomic E-state index is 11.9. The summed E-state index contributed by atoms with van der Waals surface area (Å²) in [5, 5.41) is 17.1. The van der Waals surface area contributed by atoms with Gasteiger partial charge in [-0.2, -0.15) is 10.5 Å². The highest BCUT2D eigenvalue weighted by Gasteiger charge is 2.15. The fraction of sp³-hybridized carbons (Fsp3) is 0.200. The number of anilines is 1. The van der Waals surface area contributed by atoms with Gasteiger partial charge in [0.2, 0.25) is 0 Å². The predicted octanol–water partition coefficient (Wildman–Crippen LogP) is -0.143. The molecule has 0 unspecified atom stereocenters. The molecule has 0 fully saturated rings. The third kappa shape index (κ3) is 3.16. The van der Waals surface area contributed by atoms with Crippen LogP contribution in [-0.2, 0) is 0 Å². The van der Waals surface area contributed by atoms with E-state index in [1.807, 2.05) is 12.1 Å². The number of hydrogen-bond donors (Lipinski definition) is 2. The van der Waals surface area contributed by atoms with Crippen LogP contribution >= 0.6 is 0 Å². The van der Waals surface area contributed by atoms with Crippen molar-refractivity contribution in [2.75, 3.05) is 18.5 Å². The number of hydrogen-bond acceptors (Lipinski definition) is 6. The fourth-order valence-electron chi connectivity index (χ4n) is 1.16. The zero-order chi connectivity index (χ0) is 12.7. The van der Waals surface area contributed by atoms with Gasteiger partial charge in [0.1, 0.15) is 18.9 Å². The molecule has 1 aromatic heterocycles. The van der Waals surface area contributed by atoms with Gasteiger partial charge in [-0.25, -0.2) is 10.8 Å². The Morgan fingerprint density at radius 3 is 2.47 bits per heavy atom. The van der Waals surface area contributed by atoms with Crippen LogP contribution in [0.4, 0.5) is 5.82 Å². The van der Waals surface area contributed by atoms with Crippen molar-refractivity contribution >= 4 is 11.7 Å². The topological polar surface area (TPSA) is 119 Å². The first kappa shape index (κ1) is 12.4. The van der Waals surface area contributed by atoms with Crippen LogP contribution in [0.2, 0.25) is 0 Å². The normalized spacial score (nSPS) is 8.88. The van der Waals surface area contributed by atoms with E-state index in [2.05, 4.69) is 10.4 Å². The van der Waals surface area contributed by atoms with E-state index in [9.17, 15) is 4.79 Å². The van der Waals surface area contributed by atoms with Gasteiger partial charge in [0, 0.05) is 6.20 Å². The zero-order valence-electron chi connectivity index (χ0n) is 8.92. The van der Waals surface area contributed by atoms with Crippen molar-refractivity contribution in [3.8, 4) is 12.1 Å². The van der Waals surface area contributed by atoms with E-state index in [4.69, 9.17) is 16.4 Å². The van der Waals surface area contributed by atoms with E-state index in [0.717, 1.165) is 4.90 Å². The third-order valence-corrected chi connectivity index (χ3v) is 1.97. The molecule has 7 nitrogen and oxygen atoms in total. The molecule has 0 aliphatic rings. The second-order valence-electron chi connectivity index (χ2n) is 3.05. The molecule has 0 aliphatic carbocycles. The number of nitrogens with two attached hydrogens (primary N) is 1. The number of pyridine rings is 1. The van der Waals surface area contributed by atoms with Crippen LogP contribution < -0.4 is 11.3 Å². The van der Waals surface area contributed by atoms with E-state index < -0.39 is 5.91 Å². The lowest BCUT2D eigenvalue weighted by Gasteiger charge is -2.15. The first-order valence-electron chi connectivity index (χ1n) is 4.68. The van der Waals surface area contributed by atoms with Crippen LogP contribution in [0.1, 0.15) is 10.4 Å². The maximum Gasteiger partial charge on any atom is 0.257 e. The summed E-state index contributed by atoms with van der Waals surface area (Å²) in [7, 11) is 0. The molecule has 7 heteroatoms. The highest BCUT2D eigenvalue weighted by atomic mass is 16.2. The minimum Gasteiger partial charge on any atom is -0.312 e. The number of rotatable bonds is 4. The quantitative estimate of drug-likeness (QED) is 0.422. The molecule has 1 heterocycles. The summed E-state index contributed by atoms with van der Waals surface area (Å²) >= 11 is 0. The van der Waals surface area contributed by atoms with Crippen LogP contribution in [-0.4, -0.2) is 28.9 Å². The monoisotopic (exact) mass is 230 g/mol. The van der Waals surface area contributed by atoms with Crippen LogP contribution in [0, 0.1) is 22.7 Å². The van der Waals surface area contributed by atoms with Crippen LogP contribution in [0.15, 0.2) is 18.3 Å². The number of carbonyl (C=O) groups excluding carboxylic acids is 1. The Bertz CT molecular complexity index is 453. The van der Waals surface area contributed by atoms with Crippen LogP contribution in [0.25, 0.3) is 0 Å². The van der Waals surface area contributed by atoms with Gasteiger partial charge in [0.05, 0.1) is 17.7 Å². The lowest BCUT2D eigenvalue weighted by atomic mass is 10.2. The number of nitrogens with zero attached hydrogens (tertiary/aromatic N) is 4. The largest absolute Gasteiger partial charge is 0.312 e. The number of hydrazine groups is 1. The second-order valence-corrected chi connectivity index (χ2v) is 3.05. The average Bonchev–Trinajstić information content (AvgIpc) is 2.38. The Morgan fingerprint density at radius 2 is 2.06 bits per heavy atom. The first-order valence-corrected chi connectivity index (χ1v) is 4.68. The summed E-state index contributed by atoms with van der Waals surface area (Å²) in [6.07, 6.45) is 1.33. The van der Waals surface area contributed by atoms with E-state index in [-0.39, 0.29) is 13.1 Å². The SMILES string of the molecule is N#CCN(CC#N)C(=O)c1ccc(NN)nc1. The number of amides is 1. The number of carbonyl (C=O) groups is 1. The minimum atomic E-state index is -0.413. The number of nitriles is 2. The lowest BCUT2D eigenvalue weighted by Crippen LogP contribution is -2.31. The fourth-order valence-corrected chi connectivity index (χ4v) is 1.16. The molecule has 1 aromatic rings. The van der Waals surface area contributed by atoms with E-state index in [0.29, 0.717) is 11.4 Å². The van der Waals surface area contributed by atoms with Crippen molar-refractivity contribution in [2.45, 2.75) is 0 Å². The standard InChI is InChI=1S/C10H10N6O/c11-3-5-16(6-4-12)10(17)8-1-2-9(15-13)14-7-8/h1-2,7H,5-6,13H2,(H,14,15). The second kappa shape index (κ2) is 6.05. The molecule has 1 rings (SSSR count). The van der Waals surface area contributed by atoms with Gasteiger partial charge in [0.25, 0.3) is 5.91 Å². The highest BCUT2D eigenvalue weighted by Crippen LogP contribution is 2.06. The Labute approximate surface area is 98.0 Å². The van der Waals surface area contributed by atoms with Gasteiger partial charge in [-0.1, -0.05) is 0 Å². The molecule has 0 saturated heterocycles. The maximum absolute atomic E-state index is 11.9. The summed E-state index contributed by atoms with van der Waals surface area (Å²) < 4.78 is 0. The summed E-state index contributed by atoms with van der Waals surface area (Å²) in [5.41, 5.74) is 2.63. The van der Waals surface area contributed by atoms with Crippen molar-refractivity contribution in [3.05, 3.63) is 23.9 Å². The summed E-state index contributed by atoms with van der Waals surface area (Å²) in [5.74, 6) is 5.15. The van der Waals surface area contributed by atoms with Gasteiger partial charge in [0.15, 0.2) is 0 Å². The zero-order valence-corrected chi connectivity index (χ0v) is 8.92. The molecule has 0 saturated carbocycles. The molecular weight excluding hydrogens is 220 g/mol. The molecule has 0 radical (unpaired) electrons. The predicted molar refractivity (Wildman–Crippen MR) is 59.2 cm³/mol. The molecule has 0 bridgehead atoms. The molecule has 0 aliphatic heterocycles. The summed E-state index contributed by atoms with van der Waals surface area (Å²) in [4.78, 5) is 16.9. The van der Waals surface area contributed by atoms with Crippen LogP contribution in [0.3, 0.4) is 0 Å². The first-order chi connectivity index (χ1) is 8.22. The molecular formula is C10H10N6O. The van der Waals surface area contributed by atoms with Crippen molar-refractivity contribution in [3.63, 3.8) is 0 Å². The molecule has 3 N–H and O–H groups in total. The van der Waals surface area contributed by atoms with Gasteiger partial charge in [-0.3, -0.25) is 4.79 Å². The van der Waals surface area contributed by atoms with E-state index >= 15 is 0 Å². The van der Waals surface area contributed by atoms with Gasteiger partial charge >= 0.3 is 0 Å². The molecule has 0 atom stereocenters. The highest BCUT2D eigenvalue weighted by molar-refractivity contribution is 5.94. The van der Waals surface area contributed by atoms with Crippen molar-refractivity contribution in [1.82, 2.24) is 9.88 Å². The van der Waals surface area contributed by atoms with Gasteiger partial charge < -0.3 is 10.3 Å². The molecule has 86 valence electrons. The Balaban J connectivity index is 2.86. The molecule has 0 spiro atoms. The van der Waals surface area contributed by atoms with Gasteiger partial charge in [-0.15, -0.1) is 0 Å².